The van der Waals surface area contributed by atoms with E-state index in [4.69, 9.17) is 21.1 Å². The Morgan fingerprint density at radius 3 is 2.92 bits per heavy atom. The van der Waals surface area contributed by atoms with E-state index in [9.17, 15) is 9.50 Å². The molecule has 0 bridgehead atoms. The highest BCUT2D eigenvalue weighted by Gasteiger charge is 2.50. The lowest BCUT2D eigenvalue weighted by molar-refractivity contribution is 0.0456. The van der Waals surface area contributed by atoms with E-state index in [1.54, 1.807) is 13.2 Å². The third-order valence-electron chi connectivity index (χ3n) is 5.53. The fraction of sp³-hybridized carbons (Fsp3) is 0.400. The maximum absolute atomic E-state index is 13.7. The third-order valence-corrected chi connectivity index (χ3v) is 5.84. The summed E-state index contributed by atoms with van der Waals surface area (Å²) in [6, 6.07) is 10.7. The van der Waals surface area contributed by atoms with Crippen molar-refractivity contribution in [2.75, 3.05) is 33.4 Å². The van der Waals surface area contributed by atoms with Gasteiger partial charge >= 0.3 is 0 Å². The number of nitrogens with zero attached hydrogens (tertiary/aromatic N) is 1. The number of hydrogen-bond acceptors (Lipinski definition) is 4. The summed E-state index contributed by atoms with van der Waals surface area (Å²) in [6.07, 6.45) is 0. The lowest BCUT2D eigenvalue weighted by Crippen LogP contribution is -2.42. The molecule has 4 rings (SSSR count). The van der Waals surface area contributed by atoms with Crippen molar-refractivity contribution in [3.8, 4) is 11.5 Å². The molecule has 1 saturated heterocycles. The van der Waals surface area contributed by atoms with Crippen molar-refractivity contribution in [2.45, 2.75) is 12.5 Å². The number of likely N-dealkylation sites (tertiary alicyclic amines) is 1. The molecule has 2 atom stereocenters. The Kier molecular flexibility index (Phi) is 4.55. The fourth-order valence-electron chi connectivity index (χ4n) is 4.14. The quantitative estimate of drug-likeness (QED) is 0.886. The standard InChI is InChI=1S/C20H21ClFNO3/c1-25-14-3-4-15-16-9-23(8-13-2-5-17(21)18(22)6-13)10-20(16,11-24)12-26-19(15)7-14/h2-7,16,24H,8-12H2,1H3/t16-,20-/m1/s1. The average Bonchev–Trinajstić information content (AvgIpc) is 3.03. The molecule has 0 amide bonds. The van der Waals surface area contributed by atoms with Gasteiger partial charge in [-0.05, 0) is 29.3 Å². The van der Waals surface area contributed by atoms with Gasteiger partial charge in [-0.3, -0.25) is 4.90 Å². The van der Waals surface area contributed by atoms with Crippen molar-refractivity contribution in [3.63, 3.8) is 0 Å². The number of ether oxygens (including phenoxy) is 2. The van der Waals surface area contributed by atoms with Gasteiger partial charge in [0.2, 0.25) is 0 Å². The summed E-state index contributed by atoms with van der Waals surface area (Å²) in [5.74, 6) is 1.34. The molecule has 0 spiro atoms. The number of benzene rings is 2. The molecule has 4 nitrogen and oxygen atoms in total. The Balaban J connectivity index is 1.60. The predicted molar refractivity (Wildman–Crippen MR) is 97.4 cm³/mol. The van der Waals surface area contributed by atoms with Gasteiger partial charge in [-0.2, -0.15) is 0 Å². The zero-order chi connectivity index (χ0) is 18.3. The molecule has 2 heterocycles. The molecule has 0 radical (unpaired) electrons. The van der Waals surface area contributed by atoms with Crippen molar-refractivity contribution in [3.05, 3.63) is 58.4 Å². The van der Waals surface area contributed by atoms with Gasteiger partial charge in [-0.25, -0.2) is 4.39 Å². The SMILES string of the molecule is COc1ccc2c(c1)OC[C@]1(CO)CN(Cc3ccc(Cl)c(F)c3)C[C@H]21. The highest BCUT2D eigenvalue weighted by atomic mass is 35.5. The van der Waals surface area contributed by atoms with E-state index < -0.39 is 5.82 Å². The first kappa shape index (κ1) is 17.6. The van der Waals surface area contributed by atoms with E-state index in [1.165, 1.54) is 6.07 Å². The lowest BCUT2D eigenvalue weighted by atomic mass is 9.74. The smallest absolute Gasteiger partial charge is 0.142 e. The first-order chi connectivity index (χ1) is 12.5. The molecule has 0 aromatic heterocycles. The maximum Gasteiger partial charge on any atom is 0.142 e. The summed E-state index contributed by atoms with van der Waals surface area (Å²) in [6.45, 7) is 2.60. The van der Waals surface area contributed by atoms with Gasteiger partial charge in [0.15, 0.2) is 0 Å². The highest BCUT2D eigenvalue weighted by molar-refractivity contribution is 6.30. The molecule has 2 aromatic carbocycles. The predicted octanol–water partition coefficient (Wildman–Crippen LogP) is 3.46. The van der Waals surface area contributed by atoms with Crippen LogP contribution in [0.3, 0.4) is 0 Å². The number of aliphatic hydroxyl groups is 1. The van der Waals surface area contributed by atoms with Gasteiger partial charge in [0, 0.05) is 37.0 Å². The number of hydrogen-bond donors (Lipinski definition) is 1. The molecular formula is C20H21ClFNO3. The van der Waals surface area contributed by atoms with E-state index in [0.29, 0.717) is 19.7 Å². The molecule has 26 heavy (non-hydrogen) atoms. The second-order valence-corrected chi connectivity index (χ2v) is 7.59. The maximum atomic E-state index is 13.7. The van der Waals surface area contributed by atoms with Gasteiger partial charge in [0.25, 0.3) is 0 Å². The van der Waals surface area contributed by atoms with Crippen molar-refractivity contribution in [1.29, 1.82) is 0 Å². The largest absolute Gasteiger partial charge is 0.497 e. The molecular weight excluding hydrogens is 357 g/mol. The van der Waals surface area contributed by atoms with E-state index in [-0.39, 0.29) is 23.0 Å². The Morgan fingerprint density at radius 2 is 2.19 bits per heavy atom. The number of halogens is 2. The molecule has 0 saturated carbocycles. The van der Waals surface area contributed by atoms with Crippen LogP contribution in [-0.2, 0) is 6.54 Å². The second-order valence-electron chi connectivity index (χ2n) is 7.18. The van der Waals surface area contributed by atoms with Crippen LogP contribution in [0.5, 0.6) is 11.5 Å². The van der Waals surface area contributed by atoms with Crippen LogP contribution in [0, 0.1) is 11.2 Å². The molecule has 2 aliphatic heterocycles. The van der Waals surface area contributed by atoms with E-state index >= 15 is 0 Å². The molecule has 2 aliphatic rings. The number of fused-ring (bicyclic) bond motifs is 3. The van der Waals surface area contributed by atoms with Gasteiger partial charge in [-0.15, -0.1) is 0 Å². The summed E-state index contributed by atoms with van der Waals surface area (Å²) < 4.78 is 25.0. The van der Waals surface area contributed by atoms with Crippen LogP contribution in [0.25, 0.3) is 0 Å². The fourth-order valence-corrected chi connectivity index (χ4v) is 4.26. The minimum absolute atomic E-state index is 0.0502. The van der Waals surface area contributed by atoms with Crippen LogP contribution in [0.15, 0.2) is 36.4 Å². The van der Waals surface area contributed by atoms with Crippen LogP contribution >= 0.6 is 11.6 Å². The molecule has 138 valence electrons. The van der Waals surface area contributed by atoms with Gasteiger partial charge in [-0.1, -0.05) is 23.7 Å². The Bertz CT molecular complexity index is 831. The summed E-state index contributed by atoms with van der Waals surface area (Å²) in [4.78, 5) is 2.24. The molecule has 0 aliphatic carbocycles. The molecule has 6 heteroatoms. The van der Waals surface area contributed by atoms with E-state index in [1.807, 2.05) is 24.3 Å². The number of methoxy groups -OCH3 is 1. The lowest BCUT2D eigenvalue weighted by Gasteiger charge is -2.38. The van der Waals surface area contributed by atoms with E-state index in [2.05, 4.69) is 4.90 Å². The topological polar surface area (TPSA) is 41.9 Å². The molecule has 1 fully saturated rings. The monoisotopic (exact) mass is 377 g/mol. The van der Waals surface area contributed by atoms with E-state index in [0.717, 1.165) is 29.2 Å². The first-order valence-corrected chi connectivity index (χ1v) is 9.00. The first-order valence-electron chi connectivity index (χ1n) is 8.62. The average molecular weight is 378 g/mol. The number of aliphatic hydroxyl groups excluding tert-OH is 1. The minimum atomic E-state index is -0.404. The van der Waals surface area contributed by atoms with Crippen molar-refractivity contribution >= 4 is 11.6 Å². The van der Waals surface area contributed by atoms with Crippen LogP contribution in [-0.4, -0.2) is 43.4 Å². The van der Waals surface area contributed by atoms with Crippen LogP contribution < -0.4 is 9.47 Å². The van der Waals surface area contributed by atoms with Gasteiger partial charge in [0.05, 0.1) is 25.3 Å². The molecule has 2 aromatic rings. The summed E-state index contributed by atoms with van der Waals surface area (Å²) >= 11 is 5.77. The van der Waals surface area contributed by atoms with Crippen molar-refractivity contribution in [2.24, 2.45) is 5.41 Å². The van der Waals surface area contributed by atoms with Crippen molar-refractivity contribution < 1.29 is 19.0 Å². The Labute approximate surface area is 157 Å². The van der Waals surface area contributed by atoms with Crippen molar-refractivity contribution in [1.82, 2.24) is 4.90 Å². The normalized spacial score (nSPS) is 24.7. The minimum Gasteiger partial charge on any atom is -0.497 e. The summed E-state index contributed by atoms with van der Waals surface area (Å²) in [7, 11) is 1.63. The third kappa shape index (κ3) is 2.94. The molecule has 1 N–H and O–H groups in total. The summed E-state index contributed by atoms with van der Waals surface area (Å²) in [5, 5.41) is 10.3. The Hall–Kier alpha value is -1.82. The molecule has 0 unspecified atom stereocenters. The Morgan fingerprint density at radius 1 is 1.35 bits per heavy atom. The van der Waals surface area contributed by atoms with Crippen LogP contribution in [0.4, 0.5) is 4.39 Å². The van der Waals surface area contributed by atoms with Crippen LogP contribution in [0.1, 0.15) is 17.0 Å². The highest BCUT2D eigenvalue weighted by Crippen LogP contribution is 2.50. The zero-order valence-electron chi connectivity index (χ0n) is 14.5. The van der Waals surface area contributed by atoms with Gasteiger partial charge < -0.3 is 14.6 Å². The van der Waals surface area contributed by atoms with Gasteiger partial charge in [0.1, 0.15) is 17.3 Å². The summed E-state index contributed by atoms with van der Waals surface area (Å²) in [5.41, 5.74) is 1.62. The zero-order valence-corrected chi connectivity index (χ0v) is 15.3. The second kappa shape index (κ2) is 6.72. The van der Waals surface area contributed by atoms with Crippen LogP contribution in [0.2, 0.25) is 5.02 Å². The number of rotatable bonds is 4.